The van der Waals surface area contributed by atoms with E-state index < -0.39 is 0 Å². The number of aromatic nitrogens is 2. The topological polar surface area (TPSA) is 51.8 Å². The molecule has 2 rings (SSSR count). The number of rotatable bonds is 3. The first-order valence-electron chi connectivity index (χ1n) is 6.68. The molecule has 1 aliphatic carbocycles. The lowest BCUT2D eigenvalue weighted by Gasteiger charge is -2.12. The molecule has 1 heterocycles. The minimum atomic E-state index is 0.527. The molecule has 94 valence electrons. The Balaban J connectivity index is 2.19. The van der Waals surface area contributed by atoms with E-state index in [0.29, 0.717) is 17.7 Å². The van der Waals surface area contributed by atoms with Crippen molar-refractivity contribution in [2.75, 3.05) is 5.73 Å². The standard InChI is InChI=1S/C14H23N3/c1-9(2)6-12-8-13(15)17-14(16-12)11-5-4-10(3)7-11/h8-11H,4-7H2,1-3H3,(H2,15,16,17). The SMILES string of the molecule is CC(C)Cc1cc(N)nc(C2CCC(C)C2)n1. The number of nitrogens with two attached hydrogens (primary N) is 1. The Morgan fingerprint density at radius 2 is 2.12 bits per heavy atom. The van der Waals surface area contributed by atoms with E-state index in [2.05, 4.69) is 25.8 Å². The van der Waals surface area contributed by atoms with E-state index in [1.807, 2.05) is 6.07 Å². The van der Waals surface area contributed by atoms with Crippen LogP contribution in [0.2, 0.25) is 0 Å². The smallest absolute Gasteiger partial charge is 0.134 e. The Kier molecular flexibility index (Phi) is 3.65. The molecule has 2 atom stereocenters. The van der Waals surface area contributed by atoms with Crippen LogP contribution in [0, 0.1) is 11.8 Å². The molecule has 3 nitrogen and oxygen atoms in total. The summed E-state index contributed by atoms with van der Waals surface area (Å²) >= 11 is 0. The van der Waals surface area contributed by atoms with E-state index >= 15 is 0 Å². The van der Waals surface area contributed by atoms with Crippen molar-refractivity contribution in [3.63, 3.8) is 0 Å². The van der Waals surface area contributed by atoms with Crippen LogP contribution in [-0.4, -0.2) is 9.97 Å². The van der Waals surface area contributed by atoms with Gasteiger partial charge in [-0.05, 0) is 37.5 Å². The van der Waals surface area contributed by atoms with E-state index in [9.17, 15) is 0 Å². The van der Waals surface area contributed by atoms with Crippen molar-refractivity contribution in [3.8, 4) is 0 Å². The maximum absolute atomic E-state index is 5.89. The zero-order valence-electron chi connectivity index (χ0n) is 11.1. The maximum atomic E-state index is 5.89. The lowest BCUT2D eigenvalue weighted by atomic mass is 10.0. The third kappa shape index (κ3) is 3.18. The highest BCUT2D eigenvalue weighted by Gasteiger charge is 2.25. The molecule has 0 bridgehead atoms. The van der Waals surface area contributed by atoms with Gasteiger partial charge < -0.3 is 5.73 Å². The van der Waals surface area contributed by atoms with Gasteiger partial charge >= 0.3 is 0 Å². The van der Waals surface area contributed by atoms with Crippen LogP contribution >= 0.6 is 0 Å². The summed E-state index contributed by atoms with van der Waals surface area (Å²) < 4.78 is 0. The van der Waals surface area contributed by atoms with Gasteiger partial charge in [-0.25, -0.2) is 9.97 Å². The second-order valence-corrected chi connectivity index (χ2v) is 5.86. The van der Waals surface area contributed by atoms with Gasteiger partial charge in [0.2, 0.25) is 0 Å². The van der Waals surface area contributed by atoms with Crippen molar-refractivity contribution in [1.82, 2.24) is 9.97 Å². The van der Waals surface area contributed by atoms with Gasteiger partial charge in [0.15, 0.2) is 0 Å². The van der Waals surface area contributed by atoms with E-state index in [-0.39, 0.29) is 0 Å². The molecule has 17 heavy (non-hydrogen) atoms. The molecule has 0 spiro atoms. The first-order chi connectivity index (χ1) is 8.04. The molecule has 1 aromatic heterocycles. The molecule has 2 N–H and O–H groups in total. The number of nitrogen functional groups attached to an aromatic ring is 1. The highest BCUT2D eigenvalue weighted by molar-refractivity contribution is 5.31. The van der Waals surface area contributed by atoms with Gasteiger partial charge in [0, 0.05) is 17.7 Å². The zero-order valence-corrected chi connectivity index (χ0v) is 11.1. The van der Waals surface area contributed by atoms with Crippen LogP contribution in [0.4, 0.5) is 5.82 Å². The van der Waals surface area contributed by atoms with E-state index in [0.717, 1.165) is 23.9 Å². The zero-order chi connectivity index (χ0) is 12.4. The second kappa shape index (κ2) is 5.03. The van der Waals surface area contributed by atoms with Crippen LogP contribution in [0.5, 0.6) is 0 Å². The predicted octanol–water partition coefficient (Wildman–Crippen LogP) is 3.16. The van der Waals surface area contributed by atoms with Crippen LogP contribution < -0.4 is 5.73 Å². The van der Waals surface area contributed by atoms with Crippen LogP contribution in [0.15, 0.2) is 6.07 Å². The van der Waals surface area contributed by atoms with Crippen molar-refractivity contribution >= 4 is 5.82 Å². The second-order valence-electron chi connectivity index (χ2n) is 5.86. The molecule has 0 amide bonds. The largest absolute Gasteiger partial charge is 0.384 e. The number of hydrogen-bond donors (Lipinski definition) is 1. The highest BCUT2D eigenvalue weighted by Crippen LogP contribution is 2.36. The summed E-state index contributed by atoms with van der Waals surface area (Å²) in [4.78, 5) is 9.12. The molecular formula is C14H23N3. The number of hydrogen-bond acceptors (Lipinski definition) is 3. The van der Waals surface area contributed by atoms with Crippen molar-refractivity contribution in [2.45, 2.75) is 52.4 Å². The van der Waals surface area contributed by atoms with Crippen molar-refractivity contribution in [2.24, 2.45) is 11.8 Å². The molecule has 1 saturated carbocycles. The minimum absolute atomic E-state index is 0.527. The van der Waals surface area contributed by atoms with E-state index in [1.54, 1.807) is 0 Å². The van der Waals surface area contributed by atoms with Gasteiger partial charge in [-0.2, -0.15) is 0 Å². The fourth-order valence-corrected chi connectivity index (χ4v) is 2.69. The molecular weight excluding hydrogens is 210 g/mol. The Morgan fingerprint density at radius 3 is 2.71 bits per heavy atom. The monoisotopic (exact) mass is 233 g/mol. The Bertz CT molecular complexity index is 387. The molecule has 3 heteroatoms. The van der Waals surface area contributed by atoms with E-state index in [4.69, 9.17) is 10.7 Å². The summed E-state index contributed by atoms with van der Waals surface area (Å²) in [5.74, 6) is 3.55. The maximum Gasteiger partial charge on any atom is 0.134 e. The van der Waals surface area contributed by atoms with Crippen LogP contribution in [0.25, 0.3) is 0 Å². The summed E-state index contributed by atoms with van der Waals surface area (Å²) in [6, 6.07) is 1.92. The molecule has 0 aromatic carbocycles. The highest BCUT2D eigenvalue weighted by atomic mass is 15.0. The average Bonchev–Trinajstić information content (AvgIpc) is 2.62. The summed E-state index contributed by atoms with van der Waals surface area (Å²) in [5, 5.41) is 0. The third-order valence-corrected chi connectivity index (χ3v) is 3.49. The fourth-order valence-electron chi connectivity index (χ4n) is 2.69. The number of nitrogens with zero attached hydrogens (tertiary/aromatic N) is 2. The quantitative estimate of drug-likeness (QED) is 0.872. The van der Waals surface area contributed by atoms with Gasteiger partial charge in [-0.3, -0.25) is 0 Å². The third-order valence-electron chi connectivity index (χ3n) is 3.49. The van der Waals surface area contributed by atoms with Crippen LogP contribution in [0.3, 0.4) is 0 Å². The summed E-state index contributed by atoms with van der Waals surface area (Å²) in [5.41, 5.74) is 6.99. The molecule has 0 aliphatic heterocycles. The van der Waals surface area contributed by atoms with Crippen LogP contribution in [0.1, 0.15) is 57.5 Å². The van der Waals surface area contributed by atoms with Crippen molar-refractivity contribution in [1.29, 1.82) is 0 Å². The molecule has 1 aromatic rings. The Labute approximate surface area is 104 Å². The minimum Gasteiger partial charge on any atom is -0.384 e. The number of anilines is 1. The van der Waals surface area contributed by atoms with Crippen molar-refractivity contribution < 1.29 is 0 Å². The van der Waals surface area contributed by atoms with Crippen LogP contribution in [-0.2, 0) is 6.42 Å². The predicted molar refractivity (Wildman–Crippen MR) is 70.7 cm³/mol. The van der Waals surface area contributed by atoms with Crippen molar-refractivity contribution in [3.05, 3.63) is 17.6 Å². The average molecular weight is 233 g/mol. The van der Waals surface area contributed by atoms with Gasteiger partial charge in [-0.15, -0.1) is 0 Å². The molecule has 2 unspecified atom stereocenters. The molecule has 1 aliphatic rings. The lowest BCUT2D eigenvalue weighted by Crippen LogP contribution is -2.08. The fraction of sp³-hybridized carbons (Fsp3) is 0.714. The van der Waals surface area contributed by atoms with Gasteiger partial charge in [0.25, 0.3) is 0 Å². The summed E-state index contributed by atoms with van der Waals surface area (Å²) in [6.45, 7) is 6.71. The first kappa shape index (κ1) is 12.3. The van der Waals surface area contributed by atoms with Gasteiger partial charge in [-0.1, -0.05) is 20.8 Å². The summed E-state index contributed by atoms with van der Waals surface area (Å²) in [6.07, 6.45) is 4.71. The first-order valence-corrected chi connectivity index (χ1v) is 6.68. The molecule has 0 saturated heterocycles. The lowest BCUT2D eigenvalue weighted by molar-refractivity contribution is 0.579. The summed E-state index contributed by atoms with van der Waals surface area (Å²) in [7, 11) is 0. The normalized spacial score (nSPS) is 24.5. The van der Waals surface area contributed by atoms with Gasteiger partial charge in [0.1, 0.15) is 11.6 Å². The van der Waals surface area contributed by atoms with Gasteiger partial charge in [0.05, 0.1) is 0 Å². The Hall–Kier alpha value is -1.12. The molecule has 1 fully saturated rings. The molecule has 0 radical (unpaired) electrons. The van der Waals surface area contributed by atoms with E-state index in [1.165, 1.54) is 19.3 Å². The Morgan fingerprint density at radius 1 is 1.35 bits per heavy atom.